The molecule has 0 saturated heterocycles. The summed E-state index contributed by atoms with van der Waals surface area (Å²) in [7, 11) is 3.14. The van der Waals surface area contributed by atoms with Crippen LogP contribution >= 0.6 is 11.8 Å². The smallest absolute Gasteiger partial charge is 0.337 e. The lowest BCUT2D eigenvalue weighted by Crippen LogP contribution is -2.14. The number of esters is 1. The number of aryl methyl sites for hydroxylation is 1. The highest BCUT2D eigenvalue weighted by molar-refractivity contribution is 7.99. The van der Waals surface area contributed by atoms with Gasteiger partial charge in [0.1, 0.15) is 6.61 Å². The Labute approximate surface area is 196 Å². The van der Waals surface area contributed by atoms with Crippen molar-refractivity contribution in [2.24, 2.45) is 7.05 Å². The maximum absolute atomic E-state index is 12.3. The van der Waals surface area contributed by atoms with E-state index in [1.165, 1.54) is 18.9 Å². The SMILES string of the molecule is CCOc1cc(C)ccc1OCc1nnc(SCC(=O)Nc2ccc(C(=O)OC)cc2)n1C. The zero-order valence-electron chi connectivity index (χ0n) is 19.0. The van der Waals surface area contributed by atoms with Gasteiger partial charge in [0.05, 0.1) is 25.0 Å². The molecule has 1 amide bonds. The molecule has 3 aromatic rings. The van der Waals surface area contributed by atoms with Gasteiger partial charge < -0.3 is 24.1 Å². The molecule has 1 heterocycles. The normalized spacial score (nSPS) is 10.5. The predicted molar refractivity (Wildman–Crippen MR) is 125 cm³/mol. The van der Waals surface area contributed by atoms with E-state index in [9.17, 15) is 9.59 Å². The number of carbonyl (C=O) groups is 2. The number of ether oxygens (including phenoxy) is 3. The van der Waals surface area contributed by atoms with Crippen LogP contribution in [-0.4, -0.2) is 46.1 Å². The van der Waals surface area contributed by atoms with Gasteiger partial charge >= 0.3 is 5.97 Å². The van der Waals surface area contributed by atoms with Crippen molar-refractivity contribution in [2.75, 3.05) is 24.8 Å². The number of thioether (sulfide) groups is 1. The van der Waals surface area contributed by atoms with E-state index in [2.05, 4.69) is 20.3 Å². The van der Waals surface area contributed by atoms with Crippen LogP contribution in [-0.2, 0) is 23.2 Å². The summed E-state index contributed by atoms with van der Waals surface area (Å²) in [5.41, 5.74) is 2.09. The third-order valence-electron chi connectivity index (χ3n) is 4.60. The summed E-state index contributed by atoms with van der Waals surface area (Å²) < 4.78 is 18.0. The Hall–Kier alpha value is -3.53. The summed E-state index contributed by atoms with van der Waals surface area (Å²) in [6.45, 7) is 4.67. The first-order valence-electron chi connectivity index (χ1n) is 10.3. The van der Waals surface area contributed by atoms with E-state index in [0.29, 0.717) is 40.3 Å². The molecule has 0 saturated carbocycles. The second-order valence-electron chi connectivity index (χ2n) is 7.04. The van der Waals surface area contributed by atoms with Gasteiger partial charge in [-0.25, -0.2) is 4.79 Å². The zero-order chi connectivity index (χ0) is 23.8. The Balaban J connectivity index is 1.53. The number of benzene rings is 2. The molecular weight excluding hydrogens is 444 g/mol. The van der Waals surface area contributed by atoms with Crippen molar-refractivity contribution >= 4 is 29.3 Å². The van der Waals surface area contributed by atoms with Crippen molar-refractivity contribution in [3.63, 3.8) is 0 Å². The molecule has 0 atom stereocenters. The lowest BCUT2D eigenvalue weighted by Gasteiger charge is -2.12. The molecule has 1 aromatic heterocycles. The summed E-state index contributed by atoms with van der Waals surface area (Å²) in [5, 5.41) is 11.7. The number of rotatable bonds is 10. The number of amides is 1. The zero-order valence-corrected chi connectivity index (χ0v) is 19.8. The lowest BCUT2D eigenvalue weighted by molar-refractivity contribution is -0.113. The van der Waals surface area contributed by atoms with E-state index >= 15 is 0 Å². The Bertz CT molecular complexity index is 1110. The number of nitrogens with zero attached hydrogens (tertiary/aromatic N) is 3. The third kappa shape index (κ3) is 6.48. The number of aromatic nitrogens is 3. The van der Waals surface area contributed by atoms with Gasteiger partial charge in [-0.1, -0.05) is 17.8 Å². The van der Waals surface area contributed by atoms with E-state index in [4.69, 9.17) is 9.47 Å². The molecule has 0 aliphatic carbocycles. The molecule has 9 nitrogen and oxygen atoms in total. The molecule has 2 aromatic carbocycles. The van der Waals surface area contributed by atoms with Crippen molar-refractivity contribution in [3.05, 3.63) is 59.4 Å². The first kappa shape index (κ1) is 24.1. The van der Waals surface area contributed by atoms with Crippen LogP contribution in [0.5, 0.6) is 11.5 Å². The topological polar surface area (TPSA) is 105 Å². The minimum absolute atomic E-state index is 0.151. The van der Waals surface area contributed by atoms with Crippen LogP contribution < -0.4 is 14.8 Å². The number of methoxy groups -OCH3 is 1. The van der Waals surface area contributed by atoms with Crippen LogP contribution in [0.25, 0.3) is 0 Å². The van der Waals surface area contributed by atoms with Crippen molar-refractivity contribution < 1.29 is 23.8 Å². The van der Waals surface area contributed by atoms with Gasteiger partial charge in [0.15, 0.2) is 22.5 Å². The first-order chi connectivity index (χ1) is 15.9. The second-order valence-corrected chi connectivity index (χ2v) is 7.98. The summed E-state index contributed by atoms with van der Waals surface area (Å²) >= 11 is 1.26. The number of hydrogen-bond donors (Lipinski definition) is 1. The quantitative estimate of drug-likeness (QED) is 0.354. The summed E-state index contributed by atoms with van der Waals surface area (Å²) in [5.74, 6) is 1.47. The molecule has 0 aliphatic rings. The first-order valence-corrected chi connectivity index (χ1v) is 11.2. The van der Waals surface area contributed by atoms with Crippen LogP contribution in [0.3, 0.4) is 0 Å². The van der Waals surface area contributed by atoms with Crippen LogP contribution in [0, 0.1) is 6.92 Å². The molecule has 0 spiro atoms. The molecule has 3 rings (SSSR count). The second kappa shape index (κ2) is 11.4. The number of hydrogen-bond acceptors (Lipinski definition) is 8. The molecule has 10 heteroatoms. The predicted octanol–water partition coefficient (Wildman–Crippen LogP) is 3.62. The van der Waals surface area contributed by atoms with Gasteiger partial charge in [0.2, 0.25) is 5.91 Å². The fourth-order valence-electron chi connectivity index (χ4n) is 2.88. The monoisotopic (exact) mass is 470 g/mol. The van der Waals surface area contributed by atoms with Crippen LogP contribution in [0.2, 0.25) is 0 Å². The Morgan fingerprint density at radius 1 is 1.06 bits per heavy atom. The van der Waals surface area contributed by atoms with Crippen LogP contribution in [0.15, 0.2) is 47.6 Å². The van der Waals surface area contributed by atoms with E-state index < -0.39 is 5.97 Å². The van der Waals surface area contributed by atoms with E-state index in [1.807, 2.05) is 39.1 Å². The van der Waals surface area contributed by atoms with Gasteiger partial charge in [0.25, 0.3) is 0 Å². The molecule has 1 N–H and O–H groups in total. The maximum atomic E-state index is 12.3. The van der Waals surface area contributed by atoms with E-state index in [0.717, 1.165) is 5.56 Å². The van der Waals surface area contributed by atoms with E-state index in [1.54, 1.807) is 28.8 Å². The van der Waals surface area contributed by atoms with Crippen LogP contribution in [0.1, 0.15) is 28.7 Å². The molecule has 0 aliphatic heterocycles. The molecule has 0 bridgehead atoms. The van der Waals surface area contributed by atoms with Crippen molar-refractivity contribution in [2.45, 2.75) is 25.6 Å². The van der Waals surface area contributed by atoms with Crippen LogP contribution in [0.4, 0.5) is 5.69 Å². The molecule has 0 radical (unpaired) electrons. The van der Waals surface area contributed by atoms with Gasteiger partial charge in [-0.15, -0.1) is 10.2 Å². The largest absolute Gasteiger partial charge is 0.490 e. The van der Waals surface area contributed by atoms with Gasteiger partial charge in [0, 0.05) is 12.7 Å². The van der Waals surface area contributed by atoms with Gasteiger partial charge in [-0.3, -0.25) is 4.79 Å². The fourth-order valence-corrected chi connectivity index (χ4v) is 3.61. The van der Waals surface area contributed by atoms with Crippen molar-refractivity contribution in [1.29, 1.82) is 0 Å². The molecular formula is C23H26N4O5S. The third-order valence-corrected chi connectivity index (χ3v) is 5.62. The average Bonchev–Trinajstić information content (AvgIpc) is 3.16. The summed E-state index contributed by atoms with van der Waals surface area (Å²) in [4.78, 5) is 23.8. The van der Waals surface area contributed by atoms with Crippen molar-refractivity contribution in [3.8, 4) is 11.5 Å². The Morgan fingerprint density at radius 2 is 1.82 bits per heavy atom. The lowest BCUT2D eigenvalue weighted by atomic mass is 10.2. The van der Waals surface area contributed by atoms with Gasteiger partial charge in [-0.05, 0) is 55.8 Å². The highest BCUT2D eigenvalue weighted by Gasteiger charge is 2.14. The molecule has 0 unspecified atom stereocenters. The van der Waals surface area contributed by atoms with Crippen molar-refractivity contribution in [1.82, 2.24) is 14.8 Å². The number of nitrogens with one attached hydrogen (secondary N) is 1. The van der Waals surface area contributed by atoms with E-state index in [-0.39, 0.29) is 18.3 Å². The highest BCUT2D eigenvalue weighted by Crippen LogP contribution is 2.29. The number of anilines is 1. The van der Waals surface area contributed by atoms with Gasteiger partial charge in [-0.2, -0.15) is 0 Å². The average molecular weight is 471 g/mol. The maximum Gasteiger partial charge on any atom is 0.337 e. The Morgan fingerprint density at radius 3 is 2.52 bits per heavy atom. The standard InChI is InChI=1S/C23H26N4O5S/c1-5-31-19-12-15(2)6-11-18(19)32-13-20-25-26-23(27(20)3)33-14-21(28)24-17-9-7-16(8-10-17)22(29)30-4/h6-12H,5,13-14H2,1-4H3,(H,24,28). The molecule has 0 fully saturated rings. The fraction of sp³-hybridized carbons (Fsp3) is 0.304. The molecule has 174 valence electrons. The highest BCUT2D eigenvalue weighted by atomic mass is 32.2. The summed E-state index contributed by atoms with van der Waals surface area (Å²) in [6, 6.07) is 12.2. The minimum atomic E-state index is -0.429. The molecule has 33 heavy (non-hydrogen) atoms. The minimum Gasteiger partial charge on any atom is -0.490 e. The number of carbonyl (C=O) groups excluding carboxylic acids is 2. The summed E-state index contributed by atoms with van der Waals surface area (Å²) in [6.07, 6.45) is 0. The Kier molecular flexibility index (Phi) is 8.31.